The minimum absolute atomic E-state index is 0.0342. The van der Waals surface area contributed by atoms with Crippen molar-refractivity contribution >= 4 is 11.6 Å². The molecule has 8 heteroatoms. The Morgan fingerprint density at radius 2 is 1.97 bits per heavy atom. The summed E-state index contributed by atoms with van der Waals surface area (Å²) >= 11 is 6.53. The van der Waals surface area contributed by atoms with Gasteiger partial charge in [0, 0.05) is 25.7 Å². The van der Waals surface area contributed by atoms with Gasteiger partial charge in [0.25, 0.3) is 0 Å². The van der Waals surface area contributed by atoms with Gasteiger partial charge < -0.3 is 28.4 Å². The largest absolute Gasteiger partial charge is 0.493 e. The first kappa shape index (κ1) is 19.9. The molecular formula is C21H24ClNO6. The van der Waals surface area contributed by atoms with Crippen molar-refractivity contribution in [3.63, 3.8) is 0 Å². The molecule has 0 saturated carbocycles. The summed E-state index contributed by atoms with van der Waals surface area (Å²) in [6, 6.07) is 9.41. The highest BCUT2D eigenvalue weighted by Gasteiger charge is 2.23. The van der Waals surface area contributed by atoms with Crippen LogP contribution in [0, 0.1) is 0 Å². The van der Waals surface area contributed by atoms with Crippen molar-refractivity contribution in [2.24, 2.45) is 0 Å². The number of rotatable bonds is 7. The van der Waals surface area contributed by atoms with Crippen LogP contribution >= 0.6 is 11.6 Å². The van der Waals surface area contributed by atoms with E-state index in [1.165, 1.54) is 0 Å². The van der Waals surface area contributed by atoms with Gasteiger partial charge in [0.15, 0.2) is 23.0 Å². The summed E-state index contributed by atoms with van der Waals surface area (Å²) in [5, 5.41) is 0.575. The predicted molar refractivity (Wildman–Crippen MR) is 108 cm³/mol. The summed E-state index contributed by atoms with van der Waals surface area (Å²) in [6.07, 6.45) is -0.0342. The first-order valence-electron chi connectivity index (χ1n) is 9.43. The van der Waals surface area contributed by atoms with Crippen molar-refractivity contribution in [1.82, 2.24) is 4.90 Å². The van der Waals surface area contributed by atoms with Crippen LogP contribution in [0.1, 0.15) is 5.56 Å². The van der Waals surface area contributed by atoms with Gasteiger partial charge in [-0.1, -0.05) is 17.7 Å². The van der Waals surface area contributed by atoms with Gasteiger partial charge in [-0.2, -0.15) is 0 Å². The number of halogens is 1. The fraction of sp³-hybridized carbons (Fsp3) is 0.429. The van der Waals surface area contributed by atoms with Crippen molar-refractivity contribution in [2.75, 3.05) is 47.3 Å². The van der Waals surface area contributed by atoms with E-state index in [0.717, 1.165) is 30.2 Å². The molecule has 0 aliphatic carbocycles. The SMILES string of the molecule is COc1ccc(CN2CCOC(COc3ccc4c(c3)OCO4)C2)c(Cl)c1OC. The van der Waals surface area contributed by atoms with E-state index in [-0.39, 0.29) is 12.9 Å². The van der Waals surface area contributed by atoms with Crippen molar-refractivity contribution in [1.29, 1.82) is 0 Å². The summed E-state index contributed by atoms with van der Waals surface area (Å²) in [5.41, 5.74) is 0.988. The molecule has 1 fully saturated rings. The summed E-state index contributed by atoms with van der Waals surface area (Å²) in [7, 11) is 3.19. The highest BCUT2D eigenvalue weighted by atomic mass is 35.5. The maximum atomic E-state index is 6.53. The third-order valence-electron chi connectivity index (χ3n) is 4.96. The van der Waals surface area contributed by atoms with Gasteiger partial charge >= 0.3 is 0 Å². The van der Waals surface area contributed by atoms with Crippen molar-refractivity contribution < 1.29 is 28.4 Å². The van der Waals surface area contributed by atoms with E-state index in [2.05, 4.69) is 4.90 Å². The standard InChI is InChI=1S/C21H24ClNO6/c1-24-18-5-3-14(20(22)21(18)25-2)10-23-7-8-26-16(11-23)12-27-15-4-6-17-19(9-15)29-13-28-17/h3-6,9,16H,7-8,10-13H2,1-2H3. The maximum absolute atomic E-state index is 6.53. The van der Waals surface area contributed by atoms with E-state index in [1.54, 1.807) is 14.2 Å². The lowest BCUT2D eigenvalue weighted by Gasteiger charge is -2.33. The summed E-state index contributed by atoms with van der Waals surface area (Å²) < 4.78 is 33.2. The Morgan fingerprint density at radius 3 is 2.79 bits per heavy atom. The number of morpholine rings is 1. The van der Waals surface area contributed by atoms with Gasteiger partial charge in [0.05, 0.1) is 25.8 Å². The summed E-state index contributed by atoms with van der Waals surface area (Å²) in [6.45, 7) is 3.61. The van der Waals surface area contributed by atoms with Crippen molar-refractivity contribution in [2.45, 2.75) is 12.6 Å². The second kappa shape index (κ2) is 8.98. The van der Waals surface area contributed by atoms with E-state index >= 15 is 0 Å². The van der Waals surface area contributed by atoms with Crippen LogP contribution in [-0.2, 0) is 11.3 Å². The number of ether oxygens (including phenoxy) is 6. The van der Waals surface area contributed by atoms with Crippen LogP contribution in [0.2, 0.25) is 5.02 Å². The van der Waals surface area contributed by atoms with E-state index < -0.39 is 0 Å². The van der Waals surface area contributed by atoms with Crippen molar-refractivity contribution in [3.8, 4) is 28.7 Å². The molecule has 4 rings (SSSR count). The summed E-state index contributed by atoms with van der Waals surface area (Å²) in [5.74, 6) is 3.36. The second-order valence-electron chi connectivity index (χ2n) is 6.83. The zero-order valence-corrected chi connectivity index (χ0v) is 17.2. The van der Waals surface area contributed by atoms with Crippen LogP contribution in [0.15, 0.2) is 30.3 Å². The lowest BCUT2D eigenvalue weighted by Crippen LogP contribution is -2.44. The quantitative estimate of drug-likeness (QED) is 0.679. The molecule has 1 saturated heterocycles. The molecule has 7 nitrogen and oxygen atoms in total. The van der Waals surface area contributed by atoms with E-state index in [1.807, 2.05) is 30.3 Å². The number of hydrogen-bond donors (Lipinski definition) is 0. The molecule has 2 aromatic rings. The Labute approximate surface area is 175 Å². The summed E-state index contributed by atoms with van der Waals surface area (Å²) in [4.78, 5) is 2.30. The molecule has 0 aromatic heterocycles. The Balaban J connectivity index is 1.35. The Hall–Kier alpha value is -2.35. The van der Waals surface area contributed by atoms with Gasteiger partial charge in [-0.3, -0.25) is 4.90 Å². The number of benzene rings is 2. The molecule has 156 valence electrons. The number of fused-ring (bicyclic) bond motifs is 1. The first-order chi connectivity index (χ1) is 14.2. The molecule has 0 N–H and O–H groups in total. The van der Waals surface area contributed by atoms with Gasteiger partial charge in [-0.25, -0.2) is 0 Å². The Bertz CT molecular complexity index is 861. The molecule has 1 unspecified atom stereocenters. The minimum atomic E-state index is -0.0342. The number of hydrogen-bond acceptors (Lipinski definition) is 7. The van der Waals surface area contributed by atoms with Gasteiger partial charge in [-0.05, 0) is 23.8 Å². The molecule has 29 heavy (non-hydrogen) atoms. The third kappa shape index (κ3) is 4.47. The molecule has 0 radical (unpaired) electrons. The topological polar surface area (TPSA) is 58.6 Å². The second-order valence-corrected chi connectivity index (χ2v) is 7.21. The molecule has 2 aliphatic rings. The molecule has 0 amide bonds. The monoisotopic (exact) mass is 421 g/mol. The highest BCUT2D eigenvalue weighted by Crippen LogP contribution is 2.38. The highest BCUT2D eigenvalue weighted by molar-refractivity contribution is 6.33. The van der Waals surface area contributed by atoms with Crippen LogP contribution in [0.3, 0.4) is 0 Å². The lowest BCUT2D eigenvalue weighted by molar-refractivity contribution is -0.0504. The Morgan fingerprint density at radius 1 is 1.10 bits per heavy atom. The molecule has 1 atom stereocenters. The first-order valence-corrected chi connectivity index (χ1v) is 9.81. The third-order valence-corrected chi connectivity index (χ3v) is 5.38. The zero-order chi connectivity index (χ0) is 20.2. The zero-order valence-electron chi connectivity index (χ0n) is 16.5. The normalized spacial score (nSPS) is 18.5. The van der Waals surface area contributed by atoms with E-state index in [0.29, 0.717) is 42.0 Å². The predicted octanol–water partition coefficient (Wildman–Crippen LogP) is 3.37. The number of nitrogens with zero attached hydrogens (tertiary/aromatic N) is 1. The Kier molecular flexibility index (Phi) is 6.18. The van der Waals surface area contributed by atoms with Crippen molar-refractivity contribution in [3.05, 3.63) is 40.9 Å². The van der Waals surface area contributed by atoms with Crippen LogP contribution in [0.5, 0.6) is 28.7 Å². The van der Waals surface area contributed by atoms with Gasteiger partial charge in [-0.15, -0.1) is 0 Å². The van der Waals surface area contributed by atoms with Crippen LogP contribution in [0.4, 0.5) is 0 Å². The number of methoxy groups -OCH3 is 2. The fourth-order valence-electron chi connectivity index (χ4n) is 3.47. The molecule has 2 aliphatic heterocycles. The molecule has 0 spiro atoms. The molecule has 2 heterocycles. The van der Waals surface area contributed by atoms with Crippen LogP contribution < -0.4 is 23.7 Å². The lowest BCUT2D eigenvalue weighted by atomic mass is 10.1. The average Bonchev–Trinajstić information content (AvgIpc) is 3.22. The maximum Gasteiger partial charge on any atom is 0.231 e. The fourth-order valence-corrected chi connectivity index (χ4v) is 3.77. The van der Waals surface area contributed by atoms with Gasteiger partial charge in [0.1, 0.15) is 18.5 Å². The van der Waals surface area contributed by atoms with Crippen LogP contribution in [-0.4, -0.2) is 58.3 Å². The molecule has 0 bridgehead atoms. The van der Waals surface area contributed by atoms with Crippen LogP contribution in [0.25, 0.3) is 0 Å². The smallest absolute Gasteiger partial charge is 0.231 e. The minimum Gasteiger partial charge on any atom is -0.493 e. The van der Waals surface area contributed by atoms with E-state index in [4.69, 9.17) is 40.0 Å². The van der Waals surface area contributed by atoms with Gasteiger partial charge in [0.2, 0.25) is 6.79 Å². The average molecular weight is 422 g/mol. The van der Waals surface area contributed by atoms with E-state index in [9.17, 15) is 0 Å². The molecule has 2 aromatic carbocycles. The molecular weight excluding hydrogens is 398 g/mol.